The number of hydrogen-bond acceptors (Lipinski definition) is 3. The number of nitrogens with one attached hydrogen (secondary N) is 1. The highest BCUT2D eigenvalue weighted by Gasteiger charge is 2.24. The standard InChI is InChI=1S/C10H20N2O2/c1-8(14-3)10(13)12(2)9-5-4-6-11-7-9/h8-9,11H,4-7H2,1-3H3. The highest BCUT2D eigenvalue weighted by molar-refractivity contribution is 5.80. The second-order valence-corrected chi connectivity index (χ2v) is 3.83. The predicted octanol–water partition coefficient (Wildman–Crippen LogP) is 0.232. The van der Waals surface area contributed by atoms with Crippen LogP contribution in [0.4, 0.5) is 0 Å². The first kappa shape index (κ1) is 11.5. The lowest BCUT2D eigenvalue weighted by Crippen LogP contribution is -2.49. The monoisotopic (exact) mass is 200 g/mol. The van der Waals surface area contributed by atoms with Gasteiger partial charge in [-0.15, -0.1) is 0 Å². The third-order valence-electron chi connectivity index (χ3n) is 2.87. The molecule has 0 spiro atoms. The van der Waals surface area contributed by atoms with Gasteiger partial charge in [-0.1, -0.05) is 0 Å². The molecule has 1 saturated heterocycles. The van der Waals surface area contributed by atoms with Crippen LogP contribution in [0.5, 0.6) is 0 Å². The molecule has 1 amide bonds. The van der Waals surface area contributed by atoms with Crippen LogP contribution in [0.25, 0.3) is 0 Å². The Hall–Kier alpha value is -0.610. The summed E-state index contributed by atoms with van der Waals surface area (Å²) in [6.07, 6.45) is 1.90. The molecule has 0 aromatic carbocycles. The Kier molecular flexibility index (Phi) is 4.35. The summed E-state index contributed by atoms with van der Waals surface area (Å²) >= 11 is 0. The Morgan fingerprint density at radius 3 is 2.86 bits per heavy atom. The zero-order chi connectivity index (χ0) is 10.6. The van der Waals surface area contributed by atoms with Crippen molar-refractivity contribution in [1.29, 1.82) is 0 Å². The average Bonchev–Trinajstić information content (AvgIpc) is 2.27. The van der Waals surface area contributed by atoms with E-state index in [1.165, 1.54) is 0 Å². The number of carbonyl (C=O) groups excluding carboxylic acids is 1. The molecule has 1 N–H and O–H groups in total. The molecule has 0 bridgehead atoms. The maximum absolute atomic E-state index is 11.7. The quantitative estimate of drug-likeness (QED) is 0.709. The highest BCUT2D eigenvalue weighted by Crippen LogP contribution is 2.10. The Morgan fingerprint density at radius 2 is 2.36 bits per heavy atom. The summed E-state index contributed by atoms with van der Waals surface area (Å²) in [5.74, 6) is 0.0706. The Bertz CT molecular complexity index is 191. The van der Waals surface area contributed by atoms with Crippen molar-refractivity contribution in [1.82, 2.24) is 10.2 Å². The highest BCUT2D eigenvalue weighted by atomic mass is 16.5. The molecule has 14 heavy (non-hydrogen) atoms. The van der Waals surface area contributed by atoms with Crippen molar-refractivity contribution in [3.8, 4) is 0 Å². The second-order valence-electron chi connectivity index (χ2n) is 3.83. The van der Waals surface area contributed by atoms with Crippen LogP contribution < -0.4 is 5.32 Å². The summed E-state index contributed by atoms with van der Waals surface area (Å²) in [6, 6.07) is 0.328. The first-order valence-electron chi connectivity index (χ1n) is 5.17. The first-order chi connectivity index (χ1) is 6.66. The average molecular weight is 200 g/mol. The van der Waals surface area contributed by atoms with Crippen LogP contribution in [0.2, 0.25) is 0 Å². The van der Waals surface area contributed by atoms with Gasteiger partial charge in [-0.2, -0.15) is 0 Å². The fourth-order valence-corrected chi connectivity index (χ4v) is 1.73. The van der Waals surface area contributed by atoms with E-state index in [-0.39, 0.29) is 12.0 Å². The molecule has 4 nitrogen and oxygen atoms in total. The van der Waals surface area contributed by atoms with E-state index in [0.717, 1.165) is 25.9 Å². The Labute approximate surface area is 85.6 Å². The molecule has 1 rings (SSSR count). The van der Waals surface area contributed by atoms with Gasteiger partial charge < -0.3 is 15.0 Å². The third kappa shape index (κ3) is 2.69. The lowest BCUT2D eigenvalue weighted by molar-refractivity contribution is -0.142. The SMILES string of the molecule is COC(C)C(=O)N(C)C1CCCNC1. The van der Waals surface area contributed by atoms with Gasteiger partial charge in [0.25, 0.3) is 5.91 Å². The van der Waals surface area contributed by atoms with Gasteiger partial charge in [-0.25, -0.2) is 0 Å². The number of hydrogen-bond donors (Lipinski definition) is 1. The number of piperidine rings is 1. The van der Waals surface area contributed by atoms with E-state index in [9.17, 15) is 4.79 Å². The molecule has 2 unspecified atom stereocenters. The fourth-order valence-electron chi connectivity index (χ4n) is 1.73. The number of nitrogens with zero attached hydrogens (tertiary/aromatic N) is 1. The van der Waals surface area contributed by atoms with E-state index >= 15 is 0 Å². The van der Waals surface area contributed by atoms with Crippen molar-refractivity contribution in [2.45, 2.75) is 31.9 Å². The van der Waals surface area contributed by atoms with Crippen LogP contribution in [-0.4, -0.2) is 50.2 Å². The van der Waals surface area contributed by atoms with Crippen LogP contribution in [-0.2, 0) is 9.53 Å². The van der Waals surface area contributed by atoms with Gasteiger partial charge in [0.05, 0.1) is 0 Å². The van der Waals surface area contributed by atoms with Crippen molar-refractivity contribution in [2.24, 2.45) is 0 Å². The maximum atomic E-state index is 11.7. The van der Waals surface area contributed by atoms with E-state index < -0.39 is 0 Å². The molecule has 0 aliphatic carbocycles. The molecule has 0 aromatic rings. The lowest BCUT2D eigenvalue weighted by Gasteiger charge is -2.32. The van der Waals surface area contributed by atoms with Gasteiger partial charge in [0, 0.05) is 26.7 Å². The van der Waals surface area contributed by atoms with Gasteiger partial charge in [-0.3, -0.25) is 4.79 Å². The van der Waals surface area contributed by atoms with E-state index in [1.54, 1.807) is 18.9 Å². The van der Waals surface area contributed by atoms with Crippen LogP contribution in [0, 0.1) is 0 Å². The van der Waals surface area contributed by atoms with Gasteiger partial charge in [0.15, 0.2) is 0 Å². The second kappa shape index (κ2) is 5.32. The van der Waals surface area contributed by atoms with Crippen molar-refractivity contribution >= 4 is 5.91 Å². The summed E-state index contributed by atoms with van der Waals surface area (Å²) in [4.78, 5) is 13.6. The Balaban J connectivity index is 2.45. The normalized spacial score (nSPS) is 24.4. The van der Waals surface area contributed by atoms with Gasteiger partial charge in [-0.05, 0) is 26.3 Å². The predicted molar refractivity (Wildman–Crippen MR) is 55.1 cm³/mol. The molecule has 82 valence electrons. The van der Waals surface area contributed by atoms with E-state index in [0.29, 0.717) is 6.04 Å². The lowest BCUT2D eigenvalue weighted by atomic mass is 10.1. The minimum Gasteiger partial charge on any atom is -0.372 e. The number of carbonyl (C=O) groups is 1. The van der Waals surface area contributed by atoms with Crippen molar-refractivity contribution in [3.05, 3.63) is 0 Å². The van der Waals surface area contributed by atoms with Crippen molar-refractivity contribution < 1.29 is 9.53 Å². The molecule has 0 saturated carbocycles. The molecule has 1 aliphatic rings. The van der Waals surface area contributed by atoms with E-state index in [4.69, 9.17) is 4.74 Å². The minimum absolute atomic E-state index is 0.0706. The first-order valence-corrected chi connectivity index (χ1v) is 5.17. The number of amides is 1. The third-order valence-corrected chi connectivity index (χ3v) is 2.87. The van der Waals surface area contributed by atoms with Crippen molar-refractivity contribution in [2.75, 3.05) is 27.2 Å². The van der Waals surface area contributed by atoms with Crippen LogP contribution >= 0.6 is 0 Å². The number of likely N-dealkylation sites (N-methyl/N-ethyl adjacent to an activating group) is 1. The van der Waals surface area contributed by atoms with Gasteiger partial charge in [0.2, 0.25) is 0 Å². The summed E-state index contributed by atoms with van der Waals surface area (Å²) in [6.45, 7) is 3.76. The molecule has 2 atom stereocenters. The largest absolute Gasteiger partial charge is 0.372 e. The molecule has 1 heterocycles. The fraction of sp³-hybridized carbons (Fsp3) is 0.900. The zero-order valence-electron chi connectivity index (χ0n) is 9.25. The molecule has 0 radical (unpaired) electrons. The topological polar surface area (TPSA) is 41.6 Å². The molecular weight excluding hydrogens is 180 g/mol. The summed E-state index contributed by atoms with van der Waals surface area (Å²) in [7, 11) is 3.42. The molecule has 1 aliphatic heterocycles. The Morgan fingerprint density at radius 1 is 1.64 bits per heavy atom. The molecule has 0 aromatic heterocycles. The maximum Gasteiger partial charge on any atom is 0.251 e. The molecule has 4 heteroatoms. The number of rotatable bonds is 3. The molecule has 1 fully saturated rings. The van der Waals surface area contributed by atoms with Crippen LogP contribution in [0.15, 0.2) is 0 Å². The minimum atomic E-state index is -0.332. The zero-order valence-corrected chi connectivity index (χ0v) is 9.25. The van der Waals surface area contributed by atoms with E-state index in [1.807, 2.05) is 7.05 Å². The summed E-state index contributed by atoms with van der Waals surface area (Å²) in [5, 5.41) is 3.29. The summed E-state index contributed by atoms with van der Waals surface area (Å²) in [5.41, 5.74) is 0. The summed E-state index contributed by atoms with van der Waals surface area (Å²) < 4.78 is 5.01. The van der Waals surface area contributed by atoms with Gasteiger partial charge >= 0.3 is 0 Å². The van der Waals surface area contributed by atoms with Crippen LogP contribution in [0.1, 0.15) is 19.8 Å². The smallest absolute Gasteiger partial charge is 0.251 e. The number of methoxy groups -OCH3 is 1. The molecular formula is C10H20N2O2. The van der Waals surface area contributed by atoms with Crippen molar-refractivity contribution in [3.63, 3.8) is 0 Å². The van der Waals surface area contributed by atoms with Gasteiger partial charge in [0.1, 0.15) is 6.10 Å². The number of ether oxygens (including phenoxy) is 1. The van der Waals surface area contributed by atoms with E-state index in [2.05, 4.69) is 5.32 Å². The van der Waals surface area contributed by atoms with Crippen LogP contribution in [0.3, 0.4) is 0 Å².